The number of nitro groups is 1. The third-order valence-corrected chi connectivity index (χ3v) is 4.04. The van der Waals surface area contributed by atoms with Crippen molar-refractivity contribution in [3.05, 3.63) is 69.0 Å². The lowest BCUT2D eigenvalue weighted by Crippen LogP contribution is -1.98. The fourth-order valence-corrected chi connectivity index (χ4v) is 2.44. The summed E-state index contributed by atoms with van der Waals surface area (Å²) in [5.41, 5.74) is 3.74. The first kappa shape index (κ1) is 16.6. The molecular weight excluding hydrogens is 320 g/mol. The molecule has 0 aliphatic heterocycles. The van der Waals surface area contributed by atoms with E-state index in [1.165, 1.54) is 11.6 Å². The van der Waals surface area contributed by atoms with Gasteiger partial charge in [-0.1, -0.05) is 6.07 Å². The molecule has 0 spiro atoms. The summed E-state index contributed by atoms with van der Waals surface area (Å²) in [5, 5.41) is 17.9. The lowest BCUT2D eigenvalue weighted by molar-refractivity contribution is -0.385. The second kappa shape index (κ2) is 6.72. The average Bonchev–Trinajstić information content (AvgIpc) is 3.04. The lowest BCUT2D eigenvalue weighted by Gasteiger charge is -2.06. The van der Waals surface area contributed by atoms with Crippen molar-refractivity contribution < 1.29 is 9.66 Å². The fourth-order valence-electron chi connectivity index (χ4n) is 2.44. The van der Waals surface area contributed by atoms with Crippen molar-refractivity contribution in [2.45, 2.75) is 27.4 Å². The minimum atomic E-state index is -0.403. The Labute approximate surface area is 144 Å². The summed E-state index contributed by atoms with van der Waals surface area (Å²) in [4.78, 5) is 14.9. The second-order valence-corrected chi connectivity index (χ2v) is 5.90. The molecule has 2 aromatic carbocycles. The van der Waals surface area contributed by atoms with E-state index in [-0.39, 0.29) is 12.3 Å². The van der Waals surface area contributed by atoms with Gasteiger partial charge in [0.25, 0.3) is 5.69 Å². The Balaban J connectivity index is 1.73. The monoisotopic (exact) mass is 338 g/mol. The molecule has 1 aromatic heterocycles. The second-order valence-electron chi connectivity index (χ2n) is 5.90. The Bertz CT molecular complexity index is 934. The molecule has 0 bridgehead atoms. The number of nitrogens with zero attached hydrogens (tertiary/aromatic N) is 3. The Morgan fingerprint density at radius 1 is 1.08 bits per heavy atom. The van der Waals surface area contributed by atoms with Crippen LogP contribution in [0.5, 0.6) is 5.75 Å². The predicted molar refractivity (Wildman–Crippen MR) is 93.5 cm³/mol. The van der Waals surface area contributed by atoms with E-state index in [0.29, 0.717) is 17.2 Å². The number of H-pyrrole nitrogens is 1. The van der Waals surface area contributed by atoms with Gasteiger partial charge in [-0.25, -0.2) is 4.98 Å². The van der Waals surface area contributed by atoms with E-state index in [1.54, 1.807) is 19.1 Å². The summed E-state index contributed by atoms with van der Waals surface area (Å²) in [5.74, 6) is 1.84. The van der Waals surface area contributed by atoms with Crippen molar-refractivity contribution in [2.24, 2.45) is 0 Å². The molecule has 1 N–H and O–H groups in total. The minimum absolute atomic E-state index is 0.0811. The van der Waals surface area contributed by atoms with Crippen LogP contribution in [0.25, 0.3) is 11.4 Å². The van der Waals surface area contributed by atoms with E-state index in [0.717, 1.165) is 16.9 Å². The van der Waals surface area contributed by atoms with Crippen LogP contribution >= 0.6 is 0 Å². The van der Waals surface area contributed by atoms with Gasteiger partial charge in [-0.05, 0) is 56.2 Å². The highest BCUT2D eigenvalue weighted by Crippen LogP contribution is 2.24. The van der Waals surface area contributed by atoms with Crippen molar-refractivity contribution in [1.29, 1.82) is 0 Å². The highest BCUT2D eigenvalue weighted by atomic mass is 16.6. The number of hydrogen-bond acceptors (Lipinski definition) is 5. The molecule has 0 radical (unpaired) electrons. The summed E-state index contributed by atoms with van der Waals surface area (Å²) in [6, 6.07) is 10.7. The van der Waals surface area contributed by atoms with Crippen LogP contribution in [-0.2, 0) is 6.61 Å². The maximum Gasteiger partial charge on any atom is 0.272 e. The number of aryl methyl sites for hydroxylation is 3. The van der Waals surface area contributed by atoms with Crippen LogP contribution in [0, 0.1) is 30.9 Å². The molecule has 25 heavy (non-hydrogen) atoms. The van der Waals surface area contributed by atoms with Gasteiger partial charge in [0.05, 0.1) is 4.92 Å². The molecule has 0 fully saturated rings. The summed E-state index contributed by atoms with van der Waals surface area (Å²) in [6.07, 6.45) is 0. The first-order chi connectivity index (χ1) is 11.9. The molecule has 0 atom stereocenters. The van der Waals surface area contributed by atoms with Crippen molar-refractivity contribution in [3.8, 4) is 17.1 Å². The van der Waals surface area contributed by atoms with Crippen LogP contribution in [0.4, 0.5) is 5.69 Å². The van der Waals surface area contributed by atoms with Gasteiger partial charge in [0.2, 0.25) is 0 Å². The molecular formula is C18H18N4O3. The topological polar surface area (TPSA) is 93.9 Å². The largest absolute Gasteiger partial charge is 0.486 e. The van der Waals surface area contributed by atoms with Crippen molar-refractivity contribution in [1.82, 2.24) is 15.2 Å². The molecule has 0 saturated carbocycles. The first-order valence-corrected chi connectivity index (χ1v) is 7.81. The molecule has 0 aliphatic carbocycles. The normalized spacial score (nSPS) is 10.7. The Morgan fingerprint density at radius 2 is 1.88 bits per heavy atom. The average molecular weight is 338 g/mol. The van der Waals surface area contributed by atoms with E-state index in [2.05, 4.69) is 15.2 Å². The third kappa shape index (κ3) is 3.65. The maximum absolute atomic E-state index is 10.9. The fraction of sp³-hybridized carbons (Fsp3) is 0.222. The smallest absolute Gasteiger partial charge is 0.272 e. The van der Waals surface area contributed by atoms with E-state index in [4.69, 9.17) is 4.74 Å². The Kier molecular flexibility index (Phi) is 4.47. The van der Waals surface area contributed by atoms with Gasteiger partial charge in [0, 0.05) is 17.2 Å². The summed E-state index contributed by atoms with van der Waals surface area (Å²) in [6.45, 7) is 6.04. The molecule has 7 heteroatoms. The SMILES string of the molecule is Cc1ccc(OCc2nc(-c3ccc([N+](=O)[O-])c(C)c3)n[nH]2)cc1C. The standard InChI is InChI=1S/C18H18N4O3/c1-11-4-6-15(9-12(11)2)25-10-17-19-18(21-20-17)14-5-7-16(22(23)24)13(3)8-14/h4-9H,10H2,1-3H3,(H,19,20,21). The molecule has 1 heterocycles. The maximum atomic E-state index is 10.9. The first-order valence-electron chi connectivity index (χ1n) is 7.81. The Morgan fingerprint density at radius 3 is 2.56 bits per heavy atom. The predicted octanol–water partition coefficient (Wildman–Crippen LogP) is 3.88. The third-order valence-electron chi connectivity index (χ3n) is 4.04. The van der Waals surface area contributed by atoms with Gasteiger partial charge in [-0.2, -0.15) is 5.10 Å². The van der Waals surface area contributed by atoms with E-state index in [9.17, 15) is 10.1 Å². The zero-order chi connectivity index (χ0) is 18.0. The number of ether oxygens (including phenoxy) is 1. The van der Waals surface area contributed by atoms with Gasteiger partial charge in [0.15, 0.2) is 11.6 Å². The molecule has 0 saturated heterocycles. The zero-order valence-electron chi connectivity index (χ0n) is 14.2. The molecule has 7 nitrogen and oxygen atoms in total. The lowest BCUT2D eigenvalue weighted by atomic mass is 10.1. The highest BCUT2D eigenvalue weighted by molar-refractivity contribution is 5.59. The number of nitro benzene ring substituents is 1. The van der Waals surface area contributed by atoms with Gasteiger partial charge in [0.1, 0.15) is 12.4 Å². The van der Waals surface area contributed by atoms with Crippen LogP contribution in [0.1, 0.15) is 22.5 Å². The van der Waals surface area contributed by atoms with Crippen molar-refractivity contribution in [2.75, 3.05) is 0 Å². The van der Waals surface area contributed by atoms with Crippen LogP contribution in [0.2, 0.25) is 0 Å². The summed E-state index contributed by atoms with van der Waals surface area (Å²) >= 11 is 0. The number of hydrogen-bond donors (Lipinski definition) is 1. The van der Waals surface area contributed by atoms with Crippen LogP contribution in [-0.4, -0.2) is 20.1 Å². The highest BCUT2D eigenvalue weighted by Gasteiger charge is 2.13. The minimum Gasteiger partial charge on any atom is -0.486 e. The summed E-state index contributed by atoms with van der Waals surface area (Å²) < 4.78 is 5.73. The van der Waals surface area contributed by atoms with E-state index < -0.39 is 4.92 Å². The van der Waals surface area contributed by atoms with E-state index in [1.807, 2.05) is 32.0 Å². The number of aromatic nitrogens is 3. The molecule has 128 valence electrons. The summed E-state index contributed by atoms with van der Waals surface area (Å²) in [7, 11) is 0. The molecule has 3 rings (SSSR count). The van der Waals surface area contributed by atoms with Gasteiger partial charge in [-0.15, -0.1) is 0 Å². The van der Waals surface area contributed by atoms with Crippen LogP contribution in [0.3, 0.4) is 0 Å². The van der Waals surface area contributed by atoms with Gasteiger partial charge < -0.3 is 4.74 Å². The number of nitrogens with one attached hydrogen (secondary N) is 1. The number of benzene rings is 2. The number of rotatable bonds is 5. The van der Waals surface area contributed by atoms with E-state index >= 15 is 0 Å². The number of aromatic amines is 1. The van der Waals surface area contributed by atoms with Gasteiger partial charge >= 0.3 is 0 Å². The van der Waals surface area contributed by atoms with Crippen LogP contribution < -0.4 is 4.74 Å². The zero-order valence-corrected chi connectivity index (χ0v) is 14.2. The van der Waals surface area contributed by atoms with Crippen LogP contribution in [0.15, 0.2) is 36.4 Å². The molecule has 0 aliphatic rings. The molecule has 3 aromatic rings. The van der Waals surface area contributed by atoms with Crippen molar-refractivity contribution in [3.63, 3.8) is 0 Å². The van der Waals surface area contributed by atoms with Gasteiger partial charge in [-0.3, -0.25) is 15.2 Å². The molecule has 0 amide bonds. The quantitative estimate of drug-likeness (QED) is 0.563. The molecule has 0 unspecified atom stereocenters. The Hall–Kier alpha value is -3.22. The van der Waals surface area contributed by atoms with Crippen molar-refractivity contribution >= 4 is 5.69 Å².